The molecule has 0 aliphatic carbocycles. The number of hydrogen-bond acceptors (Lipinski definition) is 3. The Morgan fingerprint density at radius 3 is 2.38 bits per heavy atom. The van der Waals surface area contributed by atoms with Crippen LogP contribution in [0.25, 0.3) is 0 Å². The van der Waals surface area contributed by atoms with Crippen LogP contribution in [0.1, 0.15) is 31.7 Å². The predicted molar refractivity (Wildman–Crippen MR) is 104 cm³/mol. The predicted octanol–water partition coefficient (Wildman–Crippen LogP) is 4.23. The third-order valence-electron chi connectivity index (χ3n) is 4.13. The summed E-state index contributed by atoms with van der Waals surface area (Å²) >= 11 is 5.89. The van der Waals surface area contributed by atoms with Crippen molar-refractivity contribution in [1.82, 2.24) is 5.43 Å². The number of anilines is 2. The molecule has 6 heteroatoms. The van der Waals surface area contributed by atoms with Gasteiger partial charge < -0.3 is 5.32 Å². The maximum absolute atomic E-state index is 12.5. The lowest BCUT2D eigenvalue weighted by atomic mass is 10.0. The van der Waals surface area contributed by atoms with Crippen molar-refractivity contribution in [3.63, 3.8) is 0 Å². The second kappa shape index (κ2) is 7.62. The third-order valence-corrected chi connectivity index (χ3v) is 4.38. The Morgan fingerprint density at radius 2 is 1.77 bits per heavy atom. The average molecular weight is 370 g/mol. The summed E-state index contributed by atoms with van der Waals surface area (Å²) in [6.45, 7) is 4.24. The van der Waals surface area contributed by atoms with Crippen LogP contribution in [0.4, 0.5) is 11.4 Å². The highest BCUT2D eigenvalue weighted by Crippen LogP contribution is 2.21. The Bertz CT molecular complexity index is 842. The van der Waals surface area contributed by atoms with Gasteiger partial charge in [-0.3, -0.25) is 15.0 Å². The molecule has 0 fully saturated rings. The fourth-order valence-corrected chi connectivity index (χ4v) is 2.73. The van der Waals surface area contributed by atoms with E-state index in [2.05, 4.69) is 24.6 Å². The van der Waals surface area contributed by atoms with Crippen LogP contribution in [0.15, 0.2) is 60.3 Å². The van der Waals surface area contributed by atoms with Gasteiger partial charge in [0.05, 0.1) is 5.69 Å². The van der Waals surface area contributed by atoms with Gasteiger partial charge in [0.1, 0.15) is 5.70 Å². The minimum absolute atomic E-state index is 0.144. The molecular weight excluding hydrogens is 350 g/mol. The first kappa shape index (κ1) is 18.0. The molecule has 0 saturated carbocycles. The Kier molecular flexibility index (Phi) is 5.28. The molecule has 0 saturated heterocycles. The van der Waals surface area contributed by atoms with Crippen LogP contribution in [-0.4, -0.2) is 11.8 Å². The van der Waals surface area contributed by atoms with Crippen molar-refractivity contribution in [2.45, 2.75) is 26.2 Å². The van der Waals surface area contributed by atoms with Crippen LogP contribution >= 0.6 is 11.6 Å². The van der Waals surface area contributed by atoms with Gasteiger partial charge in [-0.25, -0.2) is 5.01 Å². The number of nitrogens with one attached hydrogen (secondary N) is 2. The van der Waals surface area contributed by atoms with Gasteiger partial charge in [0.15, 0.2) is 0 Å². The van der Waals surface area contributed by atoms with E-state index < -0.39 is 0 Å². The Labute approximate surface area is 157 Å². The van der Waals surface area contributed by atoms with Crippen LogP contribution < -0.4 is 15.8 Å². The van der Waals surface area contributed by atoms with Crippen LogP contribution in [-0.2, 0) is 9.59 Å². The summed E-state index contributed by atoms with van der Waals surface area (Å²) in [7, 11) is 0. The van der Waals surface area contributed by atoms with Crippen molar-refractivity contribution >= 4 is 34.8 Å². The maximum atomic E-state index is 12.5. The molecule has 0 aromatic heterocycles. The van der Waals surface area contributed by atoms with Crippen LogP contribution in [0.5, 0.6) is 0 Å². The summed E-state index contributed by atoms with van der Waals surface area (Å²) in [5, 5.41) is 4.78. The zero-order valence-corrected chi connectivity index (χ0v) is 15.4. The molecule has 2 amide bonds. The average Bonchev–Trinajstić information content (AvgIpc) is 2.63. The number of carbonyl (C=O) groups is 2. The van der Waals surface area contributed by atoms with Crippen molar-refractivity contribution in [2.24, 2.45) is 0 Å². The SMILES string of the molecule is CC(C)c1ccc(NC(=O)C2=CCC(=O)N(c3ccc(Cl)cc3)N2)cc1. The Hall–Kier alpha value is -2.79. The van der Waals surface area contributed by atoms with E-state index in [4.69, 9.17) is 11.6 Å². The van der Waals surface area contributed by atoms with E-state index in [0.29, 0.717) is 28.0 Å². The molecule has 2 N–H and O–H groups in total. The summed E-state index contributed by atoms with van der Waals surface area (Å²) in [6.07, 6.45) is 1.73. The first-order chi connectivity index (χ1) is 12.4. The summed E-state index contributed by atoms with van der Waals surface area (Å²) in [5.74, 6) is -0.0136. The number of benzene rings is 2. The Morgan fingerprint density at radius 1 is 1.12 bits per heavy atom. The monoisotopic (exact) mass is 369 g/mol. The van der Waals surface area contributed by atoms with E-state index in [-0.39, 0.29) is 18.2 Å². The number of nitrogens with zero attached hydrogens (tertiary/aromatic N) is 1. The molecule has 1 aliphatic heterocycles. The largest absolute Gasteiger partial charge is 0.321 e. The third kappa shape index (κ3) is 4.06. The smallest absolute Gasteiger partial charge is 0.273 e. The van der Waals surface area contributed by atoms with Gasteiger partial charge in [0, 0.05) is 17.1 Å². The lowest BCUT2D eigenvalue weighted by Crippen LogP contribution is -2.47. The molecule has 2 aromatic rings. The lowest BCUT2D eigenvalue weighted by molar-refractivity contribution is -0.119. The van der Waals surface area contributed by atoms with Crippen molar-refractivity contribution in [2.75, 3.05) is 10.3 Å². The molecule has 0 unspecified atom stereocenters. The quantitative estimate of drug-likeness (QED) is 0.847. The highest BCUT2D eigenvalue weighted by Gasteiger charge is 2.24. The number of carbonyl (C=O) groups excluding carboxylic acids is 2. The molecule has 26 heavy (non-hydrogen) atoms. The molecule has 1 heterocycles. The zero-order chi connectivity index (χ0) is 18.7. The molecular formula is C20H20ClN3O2. The second-order valence-electron chi connectivity index (χ2n) is 6.37. The lowest BCUT2D eigenvalue weighted by Gasteiger charge is -2.28. The van der Waals surface area contributed by atoms with Gasteiger partial charge in [-0.15, -0.1) is 0 Å². The summed E-state index contributed by atoms with van der Waals surface area (Å²) in [4.78, 5) is 24.7. The topological polar surface area (TPSA) is 61.4 Å². The van der Waals surface area contributed by atoms with E-state index in [9.17, 15) is 9.59 Å². The molecule has 1 aliphatic rings. The van der Waals surface area contributed by atoms with Gasteiger partial charge in [-0.2, -0.15) is 0 Å². The molecule has 0 bridgehead atoms. The highest BCUT2D eigenvalue weighted by atomic mass is 35.5. The van der Waals surface area contributed by atoms with Gasteiger partial charge in [0.2, 0.25) is 5.91 Å². The number of hydrazine groups is 1. The highest BCUT2D eigenvalue weighted by molar-refractivity contribution is 6.30. The van der Waals surface area contributed by atoms with Crippen LogP contribution in [0, 0.1) is 0 Å². The molecule has 0 atom stereocenters. The minimum atomic E-state index is -0.297. The zero-order valence-electron chi connectivity index (χ0n) is 14.6. The van der Waals surface area contributed by atoms with Crippen LogP contribution in [0.3, 0.4) is 0 Å². The van der Waals surface area contributed by atoms with Crippen molar-refractivity contribution < 1.29 is 9.59 Å². The van der Waals surface area contributed by atoms with Gasteiger partial charge in [-0.1, -0.05) is 37.6 Å². The summed E-state index contributed by atoms with van der Waals surface area (Å²) < 4.78 is 0. The number of halogens is 1. The number of amides is 2. The fourth-order valence-electron chi connectivity index (χ4n) is 2.60. The van der Waals surface area contributed by atoms with E-state index >= 15 is 0 Å². The van der Waals surface area contributed by atoms with Crippen molar-refractivity contribution in [3.05, 3.63) is 70.9 Å². The maximum Gasteiger partial charge on any atom is 0.273 e. The fraction of sp³-hybridized carbons (Fsp3) is 0.200. The van der Waals surface area contributed by atoms with Gasteiger partial charge in [-0.05, 0) is 54.0 Å². The standard InChI is InChI=1S/C20H20ClN3O2/c1-13(2)14-3-7-16(8-4-14)22-20(26)18-11-12-19(25)24(23-18)17-9-5-15(21)6-10-17/h3-11,13,23H,12H2,1-2H3,(H,22,26). The second-order valence-corrected chi connectivity index (χ2v) is 6.81. The minimum Gasteiger partial charge on any atom is -0.321 e. The van der Waals surface area contributed by atoms with E-state index in [1.165, 1.54) is 10.6 Å². The first-order valence-electron chi connectivity index (χ1n) is 8.40. The molecule has 2 aromatic carbocycles. The van der Waals surface area contributed by atoms with Crippen LogP contribution in [0.2, 0.25) is 5.02 Å². The molecule has 5 nitrogen and oxygen atoms in total. The molecule has 0 radical (unpaired) electrons. The summed E-state index contributed by atoms with van der Waals surface area (Å²) in [5.41, 5.74) is 5.74. The van der Waals surface area contributed by atoms with E-state index in [1.807, 2.05) is 24.3 Å². The van der Waals surface area contributed by atoms with E-state index in [1.54, 1.807) is 30.3 Å². The van der Waals surface area contributed by atoms with Gasteiger partial charge >= 0.3 is 0 Å². The van der Waals surface area contributed by atoms with Crippen molar-refractivity contribution in [1.29, 1.82) is 0 Å². The Balaban J connectivity index is 1.71. The number of rotatable bonds is 4. The van der Waals surface area contributed by atoms with Gasteiger partial charge in [0.25, 0.3) is 5.91 Å². The molecule has 0 spiro atoms. The molecule has 3 rings (SSSR count). The summed E-state index contributed by atoms with van der Waals surface area (Å²) in [6, 6.07) is 14.6. The normalized spacial score (nSPS) is 14.1. The number of hydrogen-bond donors (Lipinski definition) is 2. The molecule has 134 valence electrons. The van der Waals surface area contributed by atoms with Crippen molar-refractivity contribution in [3.8, 4) is 0 Å². The first-order valence-corrected chi connectivity index (χ1v) is 8.78. The van der Waals surface area contributed by atoms with E-state index in [0.717, 1.165) is 0 Å².